The Morgan fingerprint density at radius 3 is 2.76 bits per heavy atom. The van der Waals surface area contributed by atoms with Gasteiger partial charge in [-0.2, -0.15) is 5.26 Å². The fraction of sp³-hybridized carbons (Fsp3) is 0.100. The van der Waals surface area contributed by atoms with Crippen LogP contribution in [0.4, 0.5) is 11.6 Å². The van der Waals surface area contributed by atoms with Gasteiger partial charge in [-0.25, -0.2) is 0 Å². The first-order valence-electron chi connectivity index (χ1n) is 4.58. The van der Waals surface area contributed by atoms with Crippen LogP contribution < -0.4 is 5.73 Å². The summed E-state index contributed by atoms with van der Waals surface area (Å²) in [4.78, 5) is 10.9. The summed E-state index contributed by atoms with van der Waals surface area (Å²) in [6.45, 7) is 1.75. The lowest BCUT2D eigenvalue weighted by Crippen LogP contribution is -1.87. The SMILES string of the molecule is Cc1c(-c2ccc([N+](=O)[O-])o2)sc(C#N)c1N. The minimum absolute atomic E-state index is 0.329. The molecule has 17 heavy (non-hydrogen) atoms. The molecule has 0 amide bonds. The van der Waals surface area contributed by atoms with Gasteiger partial charge in [-0.1, -0.05) is 0 Å². The van der Waals surface area contributed by atoms with Crippen molar-refractivity contribution in [1.29, 1.82) is 5.26 Å². The summed E-state index contributed by atoms with van der Waals surface area (Å²) in [5, 5.41) is 19.3. The first-order valence-corrected chi connectivity index (χ1v) is 5.39. The van der Waals surface area contributed by atoms with Crippen molar-refractivity contribution in [3.8, 4) is 16.7 Å². The number of nitrogens with two attached hydrogens (primary N) is 1. The summed E-state index contributed by atoms with van der Waals surface area (Å²) in [7, 11) is 0. The van der Waals surface area contributed by atoms with Crippen LogP contribution in [-0.2, 0) is 0 Å². The van der Waals surface area contributed by atoms with Crippen LogP contribution in [0.3, 0.4) is 0 Å². The fourth-order valence-electron chi connectivity index (χ4n) is 1.39. The van der Waals surface area contributed by atoms with E-state index in [4.69, 9.17) is 15.4 Å². The van der Waals surface area contributed by atoms with Crippen LogP contribution in [-0.4, -0.2) is 4.92 Å². The Labute approximate surface area is 100 Å². The number of nitriles is 1. The highest BCUT2D eigenvalue weighted by Crippen LogP contribution is 2.39. The van der Waals surface area contributed by atoms with E-state index in [1.54, 1.807) is 6.92 Å². The van der Waals surface area contributed by atoms with Gasteiger partial charge in [-0.05, 0) is 18.6 Å². The molecule has 7 heteroatoms. The Bertz CT molecular complexity index is 636. The van der Waals surface area contributed by atoms with Crippen LogP contribution in [0.15, 0.2) is 16.5 Å². The number of thiophene rings is 1. The van der Waals surface area contributed by atoms with E-state index in [9.17, 15) is 10.1 Å². The van der Waals surface area contributed by atoms with E-state index in [2.05, 4.69) is 0 Å². The van der Waals surface area contributed by atoms with E-state index >= 15 is 0 Å². The van der Waals surface area contributed by atoms with E-state index in [0.29, 0.717) is 26.8 Å². The third-order valence-corrected chi connectivity index (χ3v) is 3.52. The Balaban J connectivity index is 2.53. The maximum absolute atomic E-state index is 10.5. The summed E-state index contributed by atoms with van der Waals surface area (Å²) in [5.74, 6) is 0.0253. The fourth-order valence-corrected chi connectivity index (χ4v) is 2.38. The molecule has 0 aliphatic rings. The molecule has 0 radical (unpaired) electrons. The molecule has 0 atom stereocenters. The molecular formula is C10H7N3O3S. The van der Waals surface area contributed by atoms with Gasteiger partial charge in [0, 0.05) is 0 Å². The normalized spacial score (nSPS) is 10.1. The van der Waals surface area contributed by atoms with E-state index in [1.165, 1.54) is 12.1 Å². The van der Waals surface area contributed by atoms with E-state index in [0.717, 1.165) is 11.3 Å². The monoisotopic (exact) mass is 249 g/mol. The van der Waals surface area contributed by atoms with Crippen molar-refractivity contribution < 1.29 is 9.34 Å². The third kappa shape index (κ3) is 1.74. The van der Waals surface area contributed by atoms with Gasteiger partial charge < -0.3 is 10.2 Å². The second-order valence-corrected chi connectivity index (χ2v) is 4.33. The molecule has 86 valence electrons. The average Bonchev–Trinajstić information content (AvgIpc) is 2.87. The highest BCUT2D eigenvalue weighted by Gasteiger charge is 2.19. The lowest BCUT2D eigenvalue weighted by Gasteiger charge is -1.93. The van der Waals surface area contributed by atoms with Crippen molar-refractivity contribution in [2.45, 2.75) is 6.92 Å². The minimum Gasteiger partial charge on any atom is -0.400 e. The summed E-state index contributed by atoms with van der Waals surface area (Å²) < 4.78 is 5.07. The standard InChI is InChI=1S/C10H7N3O3S/c1-5-9(12)7(4-11)17-10(5)6-2-3-8(16-6)13(14)15/h2-3H,12H2,1H3. The molecule has 2 aromatic heterocycles. The minimum atomic E-state index is -0.610. The Hall–Kier alpha value is -2.33. The second-order valence-electron chi connectivity index (χ2n) is 3.31. The number of rotatable bonds is 2. The van der Waals surface area contributed by atoms with Crippen LogP contribution >= 0.6 is 11.3 Å². The highest BCUT2D eigenvalue weighted by atomic mass is 32.1. The first kappa shape index (κ1) is 11.2. The topological polar surface area (TPSA) is 106 Å². The molecule has 0 aliphatic carbocycles. The highest BCUT2D eigenvalue weighted by molar-refractivity contribution is 7.16. The maximum atomic E-state index is 10.5. The summed E-state index contributed by atoms with van der Waals surface area (Å²) in [6, 6.07) is 4.75. The van der Waals surface area contributed by atoms with Gasteiger partial charge in [0.1, 0.15) is 15.9 Å². The molecule has 0 saturated heterocycles. The molecule has 0 unspecified atom stereocenters. The zero-order valence-electron chi connectivity index (χ0n) is 8.76. The lowest BCUT2D eigenvalue weighted by atomic mass is 10.2. The Kier molecular flexibility index (Phi) is 2.57. The van der Waals surface area contributed by atoms with Gasteiger partial charge in [0.2, 0.25) is 0 Å². The summed E-state index contributed by atoms with van der Waals surface area (Å²) >= 11 is 1.16. The van der Waals surface area contributed by atoms with Crippen molar-refractivity contribution in [3.05, 3.63) is 32.7 Å². The third-order valence-electron chi connectivity index (χ3n) is 2.29. The van der Waals surface area contributed by atoms with Crippen LogP contribution in [0.5, 0.6) is 0 Å². The van der Waals surface area contributed by atoms with E-state index < -0.39 is 4.92 Å². The summed E-state index contributed by atoms with van der Waals surface area (Å²) in [5.41, 5.74) is 6.83. The Morgan fingerprint density at radius 2 is 2.29 bits per heavy atom. The number of nitrogen functional groups attached to an aromatic ring is 1. The quantitative estimate of drug-likeness (QED) is 0.650. The number of furan rings is 1. The average molecular weight is 249 g/mol. The van der Waals surface area contributed by atoms with Crippen LogP contribution in [0.2, 0.25) is 0 Å². The number of nitrogens with zero attached hydrogens (tertiary/aromatic N) is 2. The van der Waals surface area contributed by atoms with Gasteiger partial charge in [0.25, 0.3) is 0 Å². The smallest absolute Gasteiger partial charge is 0.400 e. The van der Waals surface area contributed by atoms with E-state index in [1.807, 2.05) is 6.07 Å². The zero-order chi connectivity index (χ0) is 12.6. The zero-order valence-corrected chi connectivity index (χ0v) is 9.58. The van der Waals surface area contributed by atoms with Crippen molar-refractivity contribution >= 4 is 22.9 Å². The molecule has 0 aliphatic heterocycles. The molecule has 0 spiro atoms. The van der Waals surface area contributed by atoms with Crippen LogP contribution in [0, 0.1) is 28.4 Å². The van der Waals surface area contributed by atoms with Gasteiger partial charge >= 0.3 is 5.88 Å². The molecule has 6 nitrogen and oxygen atoms in total. The van der Waals surface area contributed by atoms with Crippen molar-refractivity contribution in [2.24, 2.45) is 0 Å². The van der Waals surface area contributed by atoms with Crippen LogP contribution in [0.25, 0.3) is 10.6 Å². The predicted molar refractivity (Wildman–Crippen MR) is 62.5 cm³/mol. The largest absolute Gasteiger partial charge is 0.433 e. The molecule has 2 rings (SSSR count). The van der Waals surface area contributed by atoms with Crippen molar-refractivity contribution in [3.63, 3.8) is 0 Å². The summed E-state index contributed by atoms with van der Waals surface area (Å²) in [6.07, 6.45) is 0. The molecular weight excluding hydrogens is 242 g/mol. The number of anilines is 1. The molecule has 0 fully saturated rings. The number of nitro groups is 1. The molecule has 2 aromatic rings. The number of hydrogen-bond donors (Lipinski definition) is 1. The predicted octanol–water partition coefficient (Wildman–Crippen LogP) is 2.68. The second kappa shape index (κ2) is 3.92. The lowest BCUT2D eigenvalue weighted by molar-refractivity contribution is -0.401. The maximum Gasteiger partial charge on any atom is 0.433 e. The van der Waals surface area contributed by atoms with Crippen LogP contribution in [0.1, 0.15) is 10.4 Å². The molecule has 2 N–H and O–H groups in total. The molecule has 2 heterocycles. The van der Waals surface area contributed by atoms with E-state index in [-0.39, 0.29) is 5.88 Å². The van der Waals surface area contributed by atoms with Gasteiger partial charge in [0.15, 0.2) is 5.76 Å². The molecule has 0 saturated carbocycles. The molecule has 0 bridgehead atoms. The number of hydrogen-bond acceptors (Lipinski definition) is 6. The van der Waals surface area contributed by atoms with Gasteiger partial charge in [0.05, 0.1) is 16.6 Å². The van der Waals surface area contributed by atoms with Crippen molar-refractivity contribution in [1.82, 2.24) is 0 Å². The van der Waals surface area contributed by atoms with Gasteiger partial charge in [-0.15, -0.1) is 11.3 Å². The Morgan fingerprint density at radius 1 is 1.59 bits per heavy atom. The molecule has 0 aromatic carbocycles. The van der Waals surface area contributed by atoms with Crippen molar-refractivity contribution in [2.75, 3.05) is 5.73 Å². The van der Waals surface area contributed by atoms with Gasteiger partial charge in [-0.3, -0.25) is 10.1 Å². The first-order chi connectivity index (χ1) is 8.04.